The van der Waals surface area contributed by atoms with Crippen molar-refractivity contribution < 1.29 is 4.74 Å². The number of unbranched alkanes of at least 4 members (excludes halogenated alkanes) is 7. The molecule has 0 heterocycles. The molecular formula is C19H34O. The van der Waals surface area contributed by atoms with Gasteiger partial charge < -0.3 is 4.74 Å². The summed E-state index contributed by atoms with van der Waals surface area (Å²) < 4.78 is 5.01. The van der Waals surface area contributed by atoms with Gasteiger partial charge in [-0.1, -0.05) is 84.3 Å². The SMILES string of the molecule is CCCCCCCCCC.CCc1ccc(OC)cc1. The second-order valence-electron chi connectivity index (χ2n) is 5.32. The number of hydrogen-bond acceptors (Lipinski definition) is 1. The summed E-state index contributed by atoms with van der Waals surface area (Å²) in [7, 11) is 1.68. The molecule has 1 nitrogen and oxygen atoms in total. The van der Waals surface area contributed by atoms with Crippen LogP contribution in [0.1, 0.15) is 77.7 Å². The fraction of sp³-hybridized carbons (Fsp3) is 0.684. The predicted molar refractivity (Wildman–Crippen MR) is 90.7 cm³/mol. The number of aryl methyl sites for hydroxylation is 1. The molecule has 1 heteroatoms. The standard InChI is InChI=1S/C10H22.C9H12O/c1-3-5-7-9-10-8-6-4-2;1-3-8-4-6-9(10-2)7-5-8/h3-10H2,1-2H3;4-7H,3H2,1-2H3. The lowest BCUT2D eigenvalue weighted by atomic mass is 10.1. The van der Waals surface area contributed by atoms with E-state index in [-0.39, 0.29) is 0 Å². The minimum absolute atomic E-state index is 0.928. The molecule has 0 bridgehead atoms. The summed E-state index contributed by atoms with van der Waals surface area (Å²) in [6, 6.07) is 8.13. The third kappa shape index (κ3) is 10.9. The van der Waals surface area contributed by atoms with Gasteiger partial charge in [0.2, 0.25) is 0 Å². The summed E-state index contributed by atoms with van der Waals surface area (Å²) in [5, 5.41) is 0. The van der Waals surface area contributed by atoms with E-state index < -0.39 is 0 Å². The van der Waals surface area contributed by atoms with Crippen LogP contribution in [0.2, 0.25) is 0 Å². The average Bonchev–Trinajstić information content (AvgIpc) is 2.51. The van der Waals surface area contributed by atoms with Gasteiger partial charge in [-0.25, -0.2) is 0 Å². The van der Waals surface area contributed by atoms with Gasteiger partial charge in [0.05, 0.1) is 7.11 Å². The Bertz CT molecular complexity index is 258. The molecule has 0 aliphatic rings. The van der Waals surface area contributed by atoms with Crippen LogP contribution in [0.5, 0.6) is 5.75 Å². The number of methoxy groups -OCH3 is 1. The fourth-order valence-corrected chi connectivity index (χ4v) is 2.07. The summed E-state index contributed by atoms with van der Waals surface area (Å²) in [5.74, 6) is 0.928. The maximum absolute atomic E-state index is 5.01. The molecule has 0 fully saturated rings. The third-order valence-electron chi connectivity index (χ3n) is 3.52. The van der Waals surface area contributed by atoms with E-state index in [1.54, 1.807) is 7.11 Å². The highest BCUT2D eigenvalue weighted by molar-refractivity contribution is 5.26. The average molecular weight is 278 g/mol. The Morgan fingerprint density at radius 1 is 0.700 bits per heavy atom. The Kier molecular flexibility index (Phi) is 13.7. The van der Waals surface area contributed by atoms with Crippen LogP contribution in [0.4, 0.5) is 0 Å². The molecule has 0 aliphatic carbocycles. The molecule has 0 aromatic heterocycles. The van der Waals surface area contributed by atoms with Gasteiger partial charge in [-0.15, -0.1) is 0 Å². The summed E-state index contributed by atoms with van der Waals surface area (Å²) in [6.07, 6.45) is 12.5. The molecule has 0 aliphatic heterocycles. The highest BCUT2D eigenvalue weighted by Gasteiger charge is 1.89. The Morgan fingerprint density at radius 2 is 1.15 bits per heavy atom. The Balaban J connectivity index is 0.000000361. The molecule has 1 rings (SSSR count). The first-order valence-electron chi connectivity index (χ1n) is 8.41. The van der Waals surface area contributed by atoms with E-state index >= 15 is 0 Å². The molecule has 0 unspecified atom stereocenters. The van der Waals surface area contributed by atoms with E-state index in [0.717, 1.165) is 12.2 Å². The molecule has 1 aromatic rings. The molecule has 0 atom stereocenters. The lowest BCUT2D eigenvalue weighted by Crippen LogP contribution is -1.83. The molecular weight excluding hydrogens is 244 g/mol. The molecule has 116 valence electrons. The van der Waals surface area contributed by atoms with Crippen molar-refractivity contribution in [2.24, 2.45) is 0 Å². The van der Waals surface area contributed by atoms with E-state index in [2.05, 4.69) is 32.9 Å². The van der Waals surface area contributed by atoms with Gasteiger partial charge in [0.15, 0.2) is 0 Å². The van der Waals surface area contributed by atoms with E-state index in [1.807, 2.05) is 12.1 Å². The molecule has 0 spiro atoms. The second-order valence-corrected chi connectivity index (χ2v) is 5.32. The highest BCUT2D eigenvalue weighted by Crippen LogP contribution is 2.11. The van der Waals surface area contributed by atoms with Gasteiger partial charge in [-0.3, -0.25) is 0 Å². The lowest BCUT2D eigenvalue weighted by molar-refractivity contribution is 0.414. The molecule has 0 amide bonds. The van der Waals surface area contributed by atoms with E-state index in [4.69, 9.17) is 4.74 Å². The first kappa shape index (κ1) is 19.0. The van der Waals surface area contributed by atoms with Gasteiger partial charge in [-0.2, -0.15) is 0 Å². The third-order valence-corrected chi connectivity index (χ3v) is 3.52. The minimum atomic E-state index is 0.928. The lowest BCUT2D eigenvalue weighted by Gasteiger charge is -1.99. The number of ether oxygens (including phenoxy) is 1. The van der Waals surface area contributed by atoms with Crippen LogP contribution in [0, 0.1) is 0 Å². The van der Waals surface area contributed by atoms with Crippen molar-refractivity contribution in [1.29, 1.82) is 0 Å². The van der Waals surface area contributed by atoms with Crippen LogP contribution in [-0.2, 0) is 6.42 Å². The normalized spacial score (nSPS) is 9.80. The molecule has 0 radical (unpaired) electrons. The minimum Gasteiger partial charge on any atom is -0.497 e. The van der Waals surface area contributed by atoms with Crippen LogP contribution in [0.25, 0.3) is 0 Å². The largest absolute Gasteiger partial charge is 0.497 e. The molecule has 1 aromatic carbocycles. The Hall–Kier alpha value is -0.980. The molecule has 0 saturated carbocycles. The predicted octanol–water partition coefficient (Wildman–Crippen LogP) is 6.40. The van der Waals surface area contributed by atoms with Crippen molar-refractivity contribution in [2.75, 3.05) is 7.11 Å². The van der Waals surface area contributed by atoms with E-state index in [9.17, 15) is 0 Å². The zero-order valence-corrected chi connectivity index (χ0v) is 14.1. The van der Waals surface area contributed by atoms with Gasteiger partial charge in [0.1, 0.15) is 5.75 Å². The quantitative estimate of drug-likeness (QED) is 0.474. The first-order chi connectivity index (χ1) is 9.78. The molecule has 0 saturated heterocycles. The van der Waals surface area contributed by atoms with Crippen molar-refractivity contribution in [1.82, 2.24) is 0 Å². The highest BCUT2D eigenvalue weighted by atomic mass is 16.5. The van der Waals surface area contributed by atoms with Gasteiger partial charge in [-0.05, 0) is 24.1 Å². The maximum Gasteiger partial charge on any atom is 0.118 e. The van der Waals surface area contributed by atoms with E-state index in [1.165, 1.54) is 56.9 Å². The van der Waals surface area contributed by atoms with Crippen LogP contribution >= 0.6 is 0 Å². The summed E-state index contributed by atoms with van der Waals surface area (Å²) in [4.78, 5) is 0. The van der Waals surface area contributed by atoms with Gasteiger partial charge >= 0.3 is 0 Å². The van der Waals surface area contributed by atoms with Gasteiger partial charge in [0.25, 0.3) is 0 Å². The van der Waals surface area contributed by atoms with Crippen LogP contribution < -0.4 is 4.74 Å². The number of hydrogen-bond donors (Lipinski definition) is 0. The van der Waals surface area contributed by atoms with Crippen molar-refractivity contribution in [3.63, 3.8) is 0 Å². The Morgan fingerprint density at radius 3 is 1.50 bits per heavy atom. The molecule has 20 heavy (non-hydrogen) atoms. The van der Waals surface area contributed by atoms with Crippen molar-refractivity contribution in [2.45, 2.75) is 78.6 Å². The summed E-state index contributed by atoms with van der Waals surface area (Å²) in [6.45, 7) is 6.68. The summed E-state index contributed by atoms with van der Waals surface area (Å²) in [5.41, 5.74) is 1.35. The maximum atomic E-state index is 5.01. The van der Waals surface area contributed by atoms with Crippen LogP contribution in [-0.4, -0.2) is 7.11 Å². The molecule has 0 N–H and O–H groups in total. The van der Waals surface area contributed by atoms with E-state index in [0.29, 0.717) is 0 Å². The topological polar surface area (TPSA) is 9.23 Å². The number of benzene rings is 1. The van der Waals surface area contributed by atoms with Gasteiger partial charge in [0, 0.05) is 0 Å². The monoisotopic (exact) mass is 278 g/mol. The zero-order chi connectivity index (χ0) is 15.1. The first-order valence-corrected chi connectivity index (χ1v) is 8.41. The fourth-order valence-electron chi connectivity index (χ4n) is 2.07. The van der Waals surface area contributed by atoms with Crippen LogP contribution in [0.15, 0.2) is 24.3 Å². The smallest absolute Gasteiger partial charge is 0.118 e. The van der Waals surface area contributed by atoms with Crippen molar-refractivity contribution in [3.05, 3.63) is 29.8 Å². The Labute approximate surface area is 126 Å². The number of rotatable bonds is 9. The summed E-state index contributed by atoms with van der Waals surface area (Å²) >= 11 is 0. The van der Waals surface area contributed by atoms with Crippen LogP contribution in [0.3, 0.4) is 0 Å². The second kappa shape index (κ2) is 14.4. The van der Waals surface area contributed by atoms with Crippen molar-refractivity contribution in [3.8, 4) is 5.75 Å². The zero-order valence-electron chi connectivity index (χ0n) is 14.1. The van der Waals surface area contributed by atoms with Crippen molar-refractivity contribution >= 4 is 0 Å².